The van der Waals surface area contributed by atoms with E-state index in [1.165, 1.54) is 19.2 Å². The van der Waals surface area contributed by atoms with Gasteiger partial charge in [-0.25, -0.2) is 0 Å². The highest BCUT2D eigenvalue weighted by Gasteiger charge is 2.42. The molecular formula is C20H14O6. The van der Waals surface area contributed by atoms with Gasteiger partial charge in [0.1, 0.15) is 0 Å². The molecule has 2 aromatic carbocycles. The number of hydrogen-bond donors (Lipinski definition) is 1. The molecule has 0 saturated heterocycles. The zero-order chi connectivity index (χ0) is 18.4. The smallest absolute Gasteiger partial charge is 0.312 e. The second kappa shape index (κ2) is 5.84. The number of esters is 1. The van der Waals surface area contributed by atoms with E-state index >= 15 is 0 Å². The molecule has 0 saturated carbocycles. The number of fused-ring (bicyclic) bond motifs is 1. The zero-order valence-corrected chi connectivity index (χ0v) is 13.8. The lowest BCUT2D eigenvalue weighted by atomic mass is 9.77. The number of phenolic OH excluding ortho intramolecular Hbond substituents is 1. The van der Waals surface area contributed by atoms with Crippen LogP contribution in [0.25, 0.3) is 0 Å². The first kappa shape index (κ1) is 16.1. The van der Waals surface area contributed by atoms with Crippen molar-refractivity contribution in [2.45, 2.75) is 12.3 Å². The molecule has 0 fully saturated rings. The van der Waals surface area contributed by atoms with Crippen LogP contribution in [0.2, 0.25) is 0 Å². The summed E-state index contributed by atoms with van der Waals surface area (Å²) in [7, 11) is 1.42. The number of carbonyl (C=O) groups excluding carboxylic acids is 3. The normalized spacial score (nSPS) is 19.0. The molecule has 0 spiro atoms. The Morgan fingerprint density at radius 2 is 1.73 bits per heavy atom. The number of allylic oxidation sites excluding steroid dienone is 2. The van der Waals surface area contributed by atoms with Crippen molar-refractivity contribution in [1.82, 2.24) is 0 Å². The van der Waals surface area contributed by atoms with Crippen molar-refractivity contribution in [3.8, 4) is 11.5 Å². The van der Waals surface area contributed by atoms with Crippen LogP contribution in [0.4, 0.5) is 0 Å². The van der Waals surface area contributed by atoms with E-state index < -0.39 is 17.7 Å². The molecule has 1 atom stereocenters. The predicted octanol–water partition coefficient (Wildman–Crippen LogP) is 2.76. The van der Waals surface area contributed by atoms with E-state index in [-0.39, 0.29) is 46.2 Å². The van der Waals surface area contributed by atoms with Crippen molar-refractivity contribution in [3.05, 3.63) is 70.5 Å². The van der Waals surface area contributed by atoms with Gasteiger partial charge in [-0.2, -0.15) is 0 Å². The van der Waals surface area contributed by atoms with Gasteiger partial charge in [-0.15, -0.1) is 0 Å². The summed E-state index contributed by atoms with van der Waals surface area (Å²) in [6.07, 6.45) is -0.0915. The summed E-state index contributed by atoms with van der Waals surface area (Å²) in [5.41, 5.74) is 1.20. The third kappa shape index (κ3) is 2.30. The number of methoxy groups -OCH3 is 1. The van der Waals surface area contributed by atoms with E-state index in [1.54, 1.807) is 30.3 Å². The Labute approximate surface area is 148 Å². The molecule has 1 N–H and O–H groups in total. The van der Waals surface area contributed by atoms with Gasteiger partial charge in [0.25, 0.3) is 0 Å². The molecule has 1 aliphatic carbocycles. The van der Waals surface area contributed by atoms with Gasteiger partial charge in [-0.05, 0) is 17.7 Å². The molecule has 0 bridgehead atoms. The standard InChI is InChI=1S/C20H14O6/c1-25-15-7-6-10(8-14(15)21)13-9-16(22)26-20-17(13)18(23)11-4-2-3-5-12(11)19(20)24/h2-8,13,21H,9H2,1H3/t13-/m1/s1. The number of benzene rings is 2. The Bertz CT molecular complexity index is 1000. The molecule has 2 aliphatic rings. The summed E-state index contributed by atoms with van der Waals surface area (Å²) in [5, 5.41) is 10.1. The molecule has 1 aliphatic heterocycles. The highest BCUT2D eigenvalue weighted by Crippen LogP contribution is 2.42. The van der Waals surface area contributed by atoms with Crippen molar-refractivity contribution in [3.63, 3.8) is 0 Å². The van der Waals surface area contributed by atoms with Gasteiger partial charge in [0.15, 0.2) is 23.0 Å². The summed E-state index contributed by atoms with van der Waals surface area (Å²) >= 11 is 0. The Morgan fingerprint density at radius 3 is 2.38 bits per heavy atom. The third-order valence-corrected chi connectivity index (χ3v) is 4.65. The van der Waals surface area contributed by atoms with Gasteiger partial charge >= 0.3 is 5.97 Å². The van der Waals surface area contributed by atoms with E-state index in [4.69, 9.17) is 9.47 Å². The Balaban J connectivity index is 1.88. The summed E-state index contributed by atoms with van der Waals surface area (Å²) in [5.74, 6) is -2.14. The minimum absolute atomic E-state index is 0.0915. The maximum Gasteiger partial charge on any atom is 0.312 e. The molecule has 2 aromatic rings. The summed E-state index contributed by atoms with van der Waals surface area (Å²) < 4.78 is 10.2. The average molecular weight is 350 g/mol. The number of ketones is 2. The molecule has 0 radical (unpaired) electrons. The number of rotatable bonds is 2. The fourth-order valence-corrected chi connectivity index (χ4v) is 3.42. The van der Waals surface area contributed by atoms with Crippen molar-refractivity contribution >= 4 is 17.5 Å². The molecule has 0 aromatic heterocycles. The lowest BCUT2D eigenvalue weighted by Crippen LogP contribution is -2.32. The maximum atomic E-state index is 13.0. The number of aromatic hydroxyl groups is 1. The van der Waals surface area contributed by atoms with Crippen molar-refractivity contribution in [1.29, 1.82) is 0 Å². The van der Waals surface area contributed by atoms with E-state index in [1.807, 2.05) is 0 Å². The average Bonchev–Trinajstić information content (AvgIpc) is 2.65. The van der Waals surface area contributed by atoms with Gasteiger partial charge in [0.2, 0.25) is 5.78 Å². The summed E-state index contributed by atoms with van der Waals surface area (Å²) in [6.45, 7) is 0. The second-order valence-corrected chi connectivity index (χ2v) is 6.11. The fraction of sp³-hybridized carbons (Fsp3) is 0.150. The minimum Gasteiger partial charge on any atom is -0.504 e. The van der Waals surface area contributed by atoms with E-state index in [9.17, 15) is 19.5 Å². The SMILES string of the molecule is COc1ccc([C@H]2CC(=O)OC3=C2C(=O)c2ccccc2C3=O)cc1O. The highest BCUT2D eigenvalue weighted by molar-refractivity contribution is 6.27. The first-order chi connectivity index (χ1) is 12.5. The minimum atomic E-state index is -0.673. The third-order valence-electron chi connectivity index (χ3n) is 4.65. The van der Waals surface area contributed by atoms with Crippen molar-refractivity contribution in [2.24, 2.45) is 0 Å². The number of Topliss-reactive ketones (excluding diaryl/α,β-unsaturated/α-hetero) is 2. The van der Waals surface area contributed by atoms with Crippen LogP contribution in [0.3, 0.4) is 0 Å². The van der Waals surface area contributed by atoms with E-state index in [0.29, 0.717) is 5.56 Å². The van der Waals surface area contributed by atoms with Crippen LogP contribution in [0.15, 0.2) is 53.8 Å². The molecular weight excluding hydrogens is 336 g/mol. The molecule has 6 heteroatoms. The van der Waals surface area contributed by atoms with E-state index in [2.05, 4.69) is 0 Å². The Hall–Kier alpha value is -3.41. The van der Waals surface area contributed by atoms with Gasteiger partial charge in [-0.1, -0.05) is 30.3 Å². The van der Waals surface area contributed by atoms with Crippen LogP contribution in [-0.4, -0.2) is 29.8 Å². The van der Waals surface area contributed by atoms with Crippen molar-refractivity contribution in [2.75, 3.05) is 7.11 Å². The van der Waals surface area contributed by atoms with Gasteiger partial charge in [-0.3, -0.25) is 14.4 Å². The second-order valence-electron chi connectivity index (χ2n) is 6.11. The molecule has 130 valence electrons. The van der Waals surface area contributed by atoms with Crippen LogP contribution in [0.5, 0.6) is 11.5 Å². The first-order valence-electron chi connectivity index (χ1n) is 8.01. The van der Waals surface area contributed by atoms with Crippen LogP contribution >= 0.6 is 0 Å². The Morgan fingerprint density at radius 1 is 1.04 bits per heavy atom. The van der Waals surface area contributed by atoms with Gasteiger partial charge < -0.3 is 14.6 Å². The lowest BCUT2D eigenvalue weighted by Gasteiger charge is -2.30. The van der Waals surface area contributed by atoms with Gasteiger partial charge in [0, 0.05) is 17.0 Å². The number of phenols is 1. The van der Waals surface area contributed by atoms with Gasteiger partial charge in [0.05, 0.1) is 19.1 Å². The van der Waals surface area contributed by atoms with Crippen LogP contribution in [-0.2, 0) is 9.53 Å². The molecule has 0 amide bonds. The monoisotopic (exact) mass is 350 g/mol. The fourth-order valence-electron chi connectivity index (χ4n) is 3.42. The van der Waals surface area contributed by atoms with Crippen LogP contribution in [0.1, 0.15) is 38.6 Å². The number of carbonyl (C=O) groups is 3. The first-order valence-corrected chi connectivity index (χ1v) is 8.01. The van der Waals surface area contributed by atoms with E-state index in [0.717, 1.165) is 0 Å². The molecule has 4 rings (SSSR count). The Kier molecular flexibility index (Phi) is 3.61. The summed E-state index contributed by atoms with van der Waals surface area (Å²) in [4.78, 5) is 37.8. The van der Waals surface area contributed by atoms with Crippen LogP contribution in [0, 0.1) is 0 Å². The van der Waals surface area contributed by atoms with Crippen molar-refractivity contribution < 1.29 is 29.0 Å². The van der Waals surface area contributed by atoms with Crippen LogP contribution < -0.4 is 4.74 Å². The summed E-state index contributed by atoms with van der Waals surface area (Å²) in [6, 6.07) is 11.1. The highest BCUT2D eigenvalue weighted by atomic mass is 16.5. The molecule has 0 unspecified atom stereocenters. The molecule has 6 nitrogen and oxygen atoms in total. The lowest BCUT2D eigenvalue weighted by molar-refractivity contribution is -0.140. The molecule has 26 heavy (non-hydrogen) atoms. The largest absolute Gasteiger partial charge is 0.504 e. The quantitative estimate of drug-likeness (QED) is 0.838. The zero-order valence-electron chi connectivity index (χ0n) is 13.8. The molecule has 1 heterocycles. The predicted molar refractivity (Wildman–Crippen MR) is 90.2 cm³/mol. The maximum absolute atomic E-state index is 13.0. The number of hydrogen-bond acceptors (Lipinski definition) is 6. The number of ether oxygens (including phenoxy) is 2. The topological polar surface area (TPSA) is 89.9 Å².